The van der Waals surface area contributed by atoms with Crippen molar-refractivity contribution in [2.45, 2.75) is 25.3 Å². The lowest BCUT2D eigenvalue weighted by atomic mass is 10.1. The molecular formula is C13H13F2NO3. The first-order valence-electron chi connectivity index (χ1n) is 5.96. The molecule has 102 valence electrons. The Kier molecular flexibility index (Phi) is 3.78. The Morgan fingerprint density at radius 3 is 2.63 bits per heavy atom. The van der Waals surface area contributed by atoms with Crippen molar-refractivity contribution in [3.05, 3.63) is 35.4 Å². The standard InChI is InChI=1S/C13H13F2NO3/c14-8-3-4-10(15)9(6-8)12(17)16-11(13(18)19)5-7-1-2-7/h3-4,6-7,11H,1-2,5H2,(H,16,17)(H,18,19)/t11-/m0/s1. The predicted octanol–water partition coefficient (Wildman–Crippen LogP) is 1.95. The van der Waals surface area contributed by atoms with E-state index in [-0.39, 0.29) is 0 Å². The zero-order valence-corrected chi connectivity index (χ0v) is 10.0. The SMILES string of the molecule is O=C(N[C@@H](CC1CC1)C(=O)O)c1cc(F)ccc1F. The number of carboxylic acids is 1. The highest BCUT2D eigenvalue weighted by molar-refractivity contribution is 5.96. The van der Waals surface area contributed by atoms with Gasteiger partial charge in [0.25, 0.3) is 5.91 Å². The van der Waals surface area contributed by atoms with Crippen LogP contribution in [0.25, 0.3) is 0 Å². The predicted molar refractivity (Wildman–Crippen MR) is 62.6 cm³/mol. The molecule has 19 heavy (non-hydrogen) atoms. The minimum Gasteiger partial charge on any atom is -0.480 e. The van der Waals surface area contributed by atoms with Crippen LogP contribution in [0.4, 0.5) is 8.78 Å². The second-order valence-corrected chi connectivity index (χ2v) is 4.67. The van der Waals surface area contributed by atoms with E-state index < -0.39 is 35.1 Å². The highest BCUT2D eigenvalue weighted by Gasteiger charge is 2.30. The van der Waals surface area contributed by atoms with E-state index in [0.29, 0.717) is 12.3 Å². The van der Waals surface area contributed by atoms with E-state index in [1.807, 2.05) is 0 Å². The summed E-state index contributed by atoms with van der Waals surface area (Å²) < 4.78 is 26.3. The summed E-state index contributed by atoms with van der Waals surface area (Å²) in [4.78, 5) is 22.8. The highest BCUT2D eigenvalue weighted by Crippen LogP contribution is 2.33. The minimum absolute atomic E-state index is 0.291. The molecule has 1 amide bonds. The van der Waals surface area contributed by atoms with Gasteiger partial charge in [0, 0.05) is 0 Å². The van der Waals surface area contributed by atoms with Crippen molar-refractivity contribution in [3.63, 3.8) is 0 Å². The van der Waals surface area contributed by atoms with Gasteiger partial charge in [-0.15, -0.1) is 0 Å². The van der Waals surface area contributed by atoms with Crippen molar-refractivity contribution in [2.24, 2.45) is 5.92 Å². The normalized spacial score (nSPS) is 15.9. The van der Waals surface area contributed by atoms with Gasteiger partial charge < -0.3 is 10.4 Å². The van der Waals surface area contributed by atoms with Crippen LogP contribution >= 0.6 is 0 Å². The zero-order chi connectivity index (χ0) is 14.0. The first-order chi connectivity index (χ1) is 8.97. The summed E-state index contributed by atoms with van der Waals surface area (Å²) in [6, 6.07) is 1.41. The summed E-state index contributed by atoms with van der Waals surface area (Å²) in [5, 5.41) is 11.2. The molecule has 0 radical (unpaired) electrons. The zero-order valence-electron chi connectivity index (χ0n) is 10.0. The quantitative estimate of drug-likeness (QED) is 0.858. The molecule has 6 heteroatoms. The van der Waals surface area contributed by atoms with Crippen LogP contribution in [0, 0.1) is 17.6 Å². The van der Waals surface area contributed by atoms with Crippen molar-refractivity contribution in [2.75, 3.05) is 0 Å². The number of halogens is 2. The van der Waals surface area contributed by atoms with Gasteiger partial charge in [0.2, 0.25) is 0 Å². The number of aliphatic carboxylic acids is 1. The van der Waals surface area contributed by atoms with Crippen LogP contribution in [-0.2, 0) is 4.79 Å². The summed E-state index contributed by atoms with van der Waals surface area (Å²) >= 11 is 0. The molecule has 1 aliphatic rings. The van der Waals surface area contributed by atoms with E-state index in [1.165, 1.54) is 0 Å². The van der Waals surface area contributed by atoms with Crippen molar-refractivity contribution in [1.29, 1.82) is 0 Å². The fourth-order valence-electron chi connectivity index (χ4n) is 1.82. The number of carbonyl (C=O) groups is 2. The third-order valence-corrected chi connectivity index (χ3v) is 3.04. The Morgan fingerprint density at radius 2 is 2.05 bits per heavy atom. The van der Waals surface area contributed by atoms with Crippen molar-refractivity contribution >= 4 is 11.9 Å². The Hall–Kier alpha value is -1.98. The summed E-state index contributed by atoms with van der Waals surface area (Å²) in [5.41, 5.74) is -0.484. The lowest BCUT2D eigenvalue weighted by molar-refractivity contribution is -0.139. The number of nitrogens with one attached hydrogen (secondary N) is 1. The third-order valence-electron chi connectivity index (χ3n) is 3.04. The molecule has 4 nitrogen and oxygen atoms in total. The minimum atomic E-state index is -1.17. The topological polar surface area (TPSA) is 66.4 Å². The summed E-state index contributed by atoms with van der Waals surface area (Å²) in [6.07, 6.45) is 2.19. The molecule has 2 rings (SSSR count). The number of amides is 1. The number of rotatable bonds is 5. The average Bonchev–Trinajstić information content (AvgIpc) is 3.15. The second kappa shape index (κ2) is 5.34. The molecule has 0 saturated heterocycles. The average molecular weight is 269 g/mol. The number of hydrogen-bond donors (Lipinski definition) is 2. The fourth-order valence-corrected chi connectivity index (χ4v) is 1.82. The maximum atomic E-state index is 13.4. The molecule has 0 unspecified atom stereocenters. The van der Waals surface area contributed by atoms with E-state index in [9.17, 15) is 18.4 Å². The second-order valence-electron chi connectivity index (χ2n) is 4.67. The van der Waals surface area contributed by atoms with Crippen LogP contribution < -0.4 is 5.32 Å². The van der Waals surface area contributed by atoms with Crippen LogP contribution in [0.5, 0.6) is 0 Å². The molecule has 1 aliphatic carbocycles. The van der Waals surface area contributed by atoms with E-state index in [0.717, 1.165) is 31.0 Å². The van der Waals surface area contributed by atoms with E-state index in [2.05, 4.69) is 5.32 Å². The van der Waals surface area contributed by atoms with Gasteiger partial charge in [-0.1, -0.05) is 12.8 Å². The molecular weight excluding hydrogens is 256 g/mol. The molecule has 0 aliphatic heterocycles. The smallest absolute Gasteiger partial charge is 0.326 e. The molecule has 1 atom stereocenters. The molecule has 2 N–H and O–H groups in total. The molecule has 0 bridgehead atoms. The number of carboxylic acid groups (broad SMARTS) is 1. The monoisotopic (exact) mass is 269 g/mol. The molecule has 1 fully saturated rings. The van der Waals surface area contributed by atoms with Gasteiger partial charge in [-0.2, -0.15) is 0 Å². The van der Waals surface area contributed by atoms with Crippen LogP contribution in [-0.4, -0.2) is 23.0 Å². The van der Waals surface area contributed by atoms with Gasteiger partial charge >= 0.3 is 5.97 Å². The lowest BCUT2D eigenvalue weighted by Crippen LogP contribution is -2.41. The number of hydrogen-bond acceptors (Lipinski definition) is 2. The van der Waals surface area contributed by atoms with Gasteiger partial charge in [0.15, 0.2) is 0 Å². The van der Waals surface area contributed by atoms with Crippen molar-refractivity contribution < 1.29 is 23.5 Å². The van der Waals surface area contributed by atoms with Crippen LogP contribution in [0.15, 0.2) is 18.2 Å². The molecule has 1 saturated carbocycles. The summed E-state index contributed by atoms with van der Waals surface area (Å²) in [7, 11) is 0. The van der Waals surface area contributed by atoms with Crippen LogP contribution in [0.3, 0.4) is 0 Å². The molecule has 0 spiro atoms. The molecule has 0 heterocycles. The number of carbonyl (C=O) groups excluding carboxylic acids is 1. The highest BCUT2D eigenvalue weighted by atomic mass is 19.1. The Morgan fingerprint density at radius 1 is 1.37 bits per heavy atom. The first-order valence-corrected chi connectivity index (χ1v) is 5.96. The van der Waals surface area contributed by atoms with E-state index in [4.69, 9.17) is 5.11 Å². The Bertz CT molecular complexity index is 515. The van der Waals surface area contributed by atoms with E-state index >= 15 is 0 Å². The van der Waals surface area contributed by atoms with Gasteiger partial charge in [-0.25, -0.2) is 13.6 Å². The molecule has 1 aromatic carbocycles. The molecule has 0 aromatic heterocycles. The third kappa shape index (κ3) is 3.49. The van der Waals surface area contributed by atoms with Gasteiger partial charge in [-0.3, -0.25) is 4.79 Å². The maximum Gasteiger partial charge on any atom is 0.326 e. The van der Waals surface area contributed by atoms with Crippen molar-refractivity contribution in [1.82, 2.24) is 5.32 Å². The Balaban J connectivity index is 2.09. The number of benzene rings is 1. The van der Waals surface area contributed by atoms with Crippen LogP contribution in [0.1, 0.15) is 29.6 Å². The summed E-state index contributed by atoms with van der Waals surface area (Å²) in [5.74, 6) is -3.42. The molecule has 1 aromatic rings. The fraction of sp³-hybridized carbons (Fsp3) is 0.385. The Labute approximate surface area is 108 Å². The van der Waals surface area contributed by atoms with Gasteiger partial charge in [-0.05, 0) is 30.5 Å². The first kappa shape index (κ1) is 13.5. The van der Waals surface area contributed by atoms with Gasteiger partial charge in [0.05, 0.1) is 5.56 Å². The maximum absolute atomic E-state index is 13.4. The largest absolute Gasteiger partial charge is 0.480 e. The van der Waals surface area contributed by atoms with Crippen LogP contribution in [0.2, 0.25) is 0 Å². The van der Waals surface area contributed by atoms with Gasteiger partial charge in [0.1, 0.15) is 17.7 Å². The lowest BCUT2D eigenvalue weighted by Gasteiger charge is -2.14. The summed E-state index contributed by atoms with van der Waals surface area (Å²) in [6.45, 7) is 0. The van der Waals surface area contributed by atoms with E-state index in [1.54, 1.807) is 0 Å². The van der Waals surface area contributed by atoms with Crippen molar-refractivity contribution in [3.8, 4) is 0 Å².